The van der Waals surface area contributed by atoms with Crippen LogP contribution in [0.3, 0.4) is 0 Å². The van der Waals surface area contributed by atoms with Crippen molar-refractivity contribution < 1.29 is 14.0 Å². The van der Waals surface area contributed by atoms with E-state index in [1.807, 2.05) is 6.92 Å². The molecule has 0 spiro atoms. The molecule has 0 N–H and O–H groups in total. The predicted molar refractivity (Wildman–Crippen MR) is 53.3 cm³/mol. The molecular weight excluding hydrogens is 166 g/mol. The Balaban J connectivity index is 3.54. The van der Waals surface area contributed by atoms with E-state index in [0.29, 0.717) is 6.61 Å². The van der Waals surface area contributed by atoms with E-state index in [-0.39, 0.29) is 5.97 Å². The Bertz CT molecular complexity index is 180. The van der Waals surface area contributed by atoms with Crippen molar-refractivity contribution in [2.24, 2.45) is 0 Å². The topological polar surface area (TPSA) is 26.3 Å². The van der Waals surface area contributed by atoms with Crippen LogP contribution < -0.4 is 0 Å². The van der Waals surface area contributed by atoms with Crippen LogP contribution in [0.5, 0.6) is 0 Å². The van der Waals surface area contributed by atoms with E-state index in [4.69, 9.17) is 4.74 Å². The third-order valence-corrected chi connectivity index (χ3v) is 1.50. The van der Waals surface area contributed by atoms with Crippen molar-refractivity contribution in [3.8, 4) is 0 Å². The van der Waals surface area contributed by atoms with Gasteiger partial charge in [-0.05, 0) is 6.42 Å². The summed E-state index contributed by atoms with van der Waals surface area (Å²) in [6, 6.07) is 0. The van der Waals surface area contributed by atoms with E-state index in [1.54, 1.807) is 6.08 Å². The maximum atomic E-state index is 11.0. The first-order chi connectivity index (χ1) is 5.95. The fraction of sp³-hybridized carbons (Fsp3) is 0.700. The van der Waals surface area contributed by atoms with Gasteiger partial charge in [-0.1, -0.05) is 13.0 Å². The number of allylic oxidation sites excluding steroid dienone is 1. The third kappa shape index (κ3) is 9.08. The van der Waals surface area contributed by atoms with Crippen molar-refractivity contribution in [1.29, 1.82) is 0 Å². The second-order valence-electron chi connectivity index (χ2n) is 3.99. The van der Waals surface area contributed by atoms with Crippen molar-refractivity contribution in [3.63, 3.8) is 0 Å². The highest BCUT2D eigenvalue weighted by Gasteiger charge is 2.07. The van der Waals surface area contributed by atoms with E-state index in [2.05, 4.69) is 21.1 Å². The summed E-state index contributed by atoms with van der Waals surface area (Å²) in [5.41, 5.74) is 0. The molecule has 76 valence electrons. The number of rotatable bonds is 5. The minimum absolute atomic E-state index is 0.240. The first-order valence-corrected chi connectivity index (χ1v) is 4.59. The number of carbonyl (C=O) groups excluding carboxylic acids is 1. The average Bonchev–Trinajstić information content (AvgIpc) is 1.98. The van der Waals surface area contributed by atoms with E-state index >= 15 is 0 Å². The van der Waals surface area contributed by atoms with Gasteiger partial charge in [0.25, 0.3) is 0 Å². The number of esters is 1. The molecule has 0 aromatic carbocycles. The molecule has 0 aromatic rings. The quantitative estimate of drug-likeness (QED) is 0.366. The predicted octanol–water partition coefficient (Wildman–Crippen LogP) is 1.20. The van der Waals surface area contributed by atoms with Crippen LogP contribution in [0.4, 0.5) is 0 Å². The highest BCUT2D eigenvalue weighted by atomic mass is 16.5. The Labute approximate surface area is 80.6 Å². The molecule has 13 heavy (non-hydrogen) atoms. The van der Waals surface area contributed by atoms with Crippen molar-refractivity contribution in [2.75, 3.05) is 34.3 Å². The largest absolute Gasteiger partial charge is 0.457 e. The van der Waals surface area contributed by atoms with E-state index in [9.17, 15) is 4.79 Å². The Morgan fingerprint density at radius 1 is 1.38 bits per heavy atom. The number of quaternary nitrogens is 1. The maximum absolute atomic E-state index is 11.0. The zero-order valence-corrected chi connectivity index (χ0v) is 9.04. The van der Waals surface area contributed by atoms with Gasteiger partial charge in [0.15, 0.2) is 0 Å². The second kappa shape index (κ2) is 5.75. The van der Waals surface area contributed by atoms with Crippen LogP contribution in [-0.4, -0.2) is 44.7 Å². The van der Waals surface area contributed by atoms with Gasteiger partial charge in [-0.2, -0.15) is 0 Å². The standard InChI is InChI=1S/C10H20NO2/c1-5-6-7-10(12)13-9-8-11(2,3)4/h6-7H,5,8-9H2,1-4H3/q+1/b7-6+. The lowest BCUT2D eigenvalue weighted by molar-refractivity contribution is -0.870. The van der Waals surface area contributed by atoms with Gasteiger partial charge in [0, 0.05) is 6.08 Å². The SMILES string of the molecule is CC/C=C/C(=O)OCC[N+](C)(C)C. The number of ether oxygens (including phenoxy) is 1. The summed E-state index contributed by atoms with van der Waals surface area (Å²) < 4.78 is 5.79. The highest BCUT2D eigenvalue weighted by Crippen LogP contribution is 1.91. The molecule has 0 aliphatic carbocycles. The maximum Gasteiger partial charge on any atom is 0.330 e. The normalized spacial score (nSPS) is 12.0. The van der Waals surface area contributed by atoms with Gasteiger partial charge in [-0.25, -0.2) is 4.79 Å². The summed E-state index contributed by atoms with van der Waals surface area (Å²) in [5.74, 6) is -0.240. The first-order valence-electron chi connectivity index (χ1n) is 4.59. The molecule has 0 bridgehead atoms. The van der Waals surface area contributed by atoms with Gasteiger partial charge in [0.2, 0.25) is 0 Å². The first kappa shape index (κ1) is 12.2. The summed E-state index contributed by atoms with van der Waals surface area (Å²) in [5, 5.41) is 0. The van der Waals surface area contributed by atoms with E-state index < -0.39 is 0 Å². The number of hydrogen-bond acceptors (Lipinski definition) is 2. The fourth-order valence-corrected chi connectivity index (χ4v) is 0.682. The molecular formula is C10H20NO2+. The van der Waals surface area contributed by atoms with Crippen molar-refractivity contribution in [2.45, 2.75) is 13.3 Å². The van der Waals surface area contributed by atoms with Crippen LogP contribution in [-0.2, 0) is 9.53 Å². The van der Waals surface area contributed by atoms with Crippen LogP contribution in [0.25, 0.3) is 0 Å². The molecule has 3 nitrogen and oxygen atoms in total. The van der Waals surface area contributed by atoms with Crippen molar-refractivity contribution in [3.05, 3.63) is 12.2 Å². The van der Waals surface area contributed by atoms with Crippen LogP contribution in [0, 0.1) is 0 Å². The lowest BCUT2D eigenvalue weighted by Gasteiger charge is -2.23. The van der Waals surface area contributed by atoms with Crippen LogP contribution >= 0.6 is 0 Å². The number of nitrogens with zero attached hydrogens (tertiary/aromatic N) is 1. The molecule has 0 aromatic heterocycles. The smallest absolute Gasteiger partial charge is 0.330 e. The van der Waals surface area contributed by atoms with Crippen molar-refractivity contribution >= 4 is 5.97 Å². The van der Waals surface area contributed by atoms with Crippen molar-refractivity contribution in [1.82, 2.24) is 0 Å². The summed E-state index contributed by atoms with van der Waals surface area (Å²) in [6.45, 7) is 3.30. The molecule has 0 aliphatic heterocycles. The average molecular weight is 186 g/mol. The molecule has 0 saturated carbocycles. The second-order valence-corrected chi connectivity index (χ2v) is 3.99. The Hall–Kier alpha value is -0.830. The Morgan fingerprint density at radius 3 is 2.46 bits per heavy atom. The van der Waals surface area contributed by atoms with Gasteiger partial charge >= 0.3 is 5.97 Å². The Morgan fingerprint density at radius 2 is 2.00 bits per heavy atom. The molecule has 0 unspecified atom stereocenters. The fourth-order valence-electron chi connectivity index (χ4n) is 0.682. The van der Waals surface area contributed by atoms with Gasteiger partial charge in [0.05, 0.1) is 21.1 Å². The summed E-state index contributed by atoms with van der Waals surface area (Å²) >= 11 is 0. The monoisotopic (exact) mass is 186 g/mol. The summed E-state index contributed by atoms with van der Waals surface area (Å²) in [4.78, 5) is 11.0. The minimum atomic E-state index is -0.240. The lowest BCUT2D eigenvalue weighted by Crippen LogP contribution is -2.37. The molecule has 0 aliphatic rings. The van der Waals surface area contributed by atoms with Crippen LogP contribution in [0.1, 0.15) is 13.3 Å². The molecule has 0 rings (SSSR count). The zero-order valence-electron chi connectivity index (χ0n) is 9.04. The lowest BCUT2D eigenvalue weighted by atomic mass is 10.4. The molecule has 0 radical (unpaired) electrons. The van der Waals surface area contributed by atoms with Gasteiger partial charge in [0.1, 0.15) is 13.2 Å². The van der Waals surface area contributed by atoms with E-state index in [0.717, 1.165) is 17.4 Å². The molecule has 0 fully saturated rings. The van der Waals surface area contributed by atoms with E-state index in [1.165, 1.54) is 6.08 Å². The third-order valence-electron chi connectivity index (χ3n) is 1.50. The van der Waals surface area contributed by atoms with Crippen LogP contribution in [0.15, 0.2) is 12.2 Å². The molecule has 3 heteroatoms. The number of carbonyl (C=O) groups is 1. The van der Waals surface area contributed by atoms with Gasteiger partial charge < -0.3 is 9.22 Å². The Kier molecular flexibility index (Phi) is 5.39. The van der Waals surface area contributed by atoms with Crippen LogP contribution in [0.2, 0.25) is 0 Å². The molecule has 0 atom stereocenters. The molecule has 0 amide bonds. The molecule has 0 saturated heterocycles. The number of hydrogen-bond donors (Lipinski definition) is 0. The van der Waals surface area contributed by atoms with Gasteiger partial charge in [-0.15, -0.1) is 0 Å². The minimum Gasteiger partial charge on any atom is -0.457 e. The summed E-state index contributed by atoms with van der Waals surface area (Å²) in [7, 11) is 6.20. The number of likely N-dealkylation sites (N-methyl/N-ethyl adjacent to an activating group) is 1. The van der Waals surface area contributed by atoms with Gasteiger partial charge in [-0.3, -0.25) is 0 Å². The summed E-state index contributed by atoms with van der Waals surface area (Å²) in [6.07, 6.45) is 4.15. The highest BCUT2D eigenvalue weighted by molar-refractivity contribution is 5.81. The zero-order chi connectivity index (χ0) is 10.3. The molecule has 0 heterocycles.